The molecule has 2 rings (SSSR count). The van der Waals surface area contributed by atoms with Gasteiger partial charge in [-0.1, -0.05) is 12.1 Å². The summed E-state index contributed by atoms with van der Waals surface area (Å²) in [6.45, 7) is 0.625. The molecule has 0 unspecified atom stereocenters. The number of primary amides is 1. The molecular weight excluding hydrogens is 242 g/mol. The topological polar surface area (TPSA) is 77.2 Å². The standard InChI is InChI=1S/C14H15N3O2/c1-19-12-4-2-3-10(7-12)8-16-13-6-5-11(9-17-13)14(15)18/h2-7,9H,8H2,1H3,(H2,15,18)(H,16,17). The molecule has 5 heteroatoms. The zero-order valence-corrected chi connectivity index (χ0v) is 10.6. The first-order valence-electron chi connectivity index (χ1n) is 5.81. The number of pyridine rings is 1. The summed E-state index contributed by atoms with van der Waals surface area (Å²) in [7, 11) is 1.64. The van der Waals surface area contributed by atoms with Gasteiger partial charge in [-0.3, -0.25) is 4.79 Å². The van der Waals surface area contributed by atoms with Crippen molar-refractivity contribution in [2.24, 2.45) is 5.73 Å². The Morgan fingerprint density at radius 1 is 1.37 bits per heavy atom. The fraction of sp³-hybridized carbons (Fsp3) is 0.143. The Kier molecular flexibility index (Phi) is 3.97. The van der Waals surface area contributed by atoms with E-state index in [2.05, 4.69) is 10.3 Å². The van der Waals surface area contributed by atoms with Crippen LogP contribution >= 0.6 is 0 Å². The molecule has 1 amide bonds. The van der Waals surface area contributed by atoms with E-state index in [4.69, 9.17) is 10.5 Å². The van der Waals surface area contributed by atoms with Crippen molar-refractivity contribution in [3.8, 4) is 5.75 Å². The average Bonchev–Trinajstić information content (AvgIpc) is 2.46. The largest absolute Gasteiger partial charge is 0.497 e. The van der Waals surface area contributed by atoms with Gasteiger partial charge in [0.2, 0.25) is 5.91 Å². The Morgan fingerprint density at radius 2 is 2.21 bits per heavy atom. The van der Waals surface area contributed by atoms with Crippen molar-refractivity contribution >= 4 is 11.7 Å². The van der Waals surface area contributed by atoms with Crippen molar-refractivity contribution in [2.45, 2.75) is 6.54 Å². The Balaban J connectivity index is 1.99. The van der Waals surface area contributed by atoms with Gasteiger partial charge >= 0.3 is 0 Å². The van der Waals surface area contributed by atoms with E-state index in [1.807, 2.05) is 24.3 Å². The van der Waals surface area contributed by atoms with Crippen LogP contribution in [0.15, 0.2) is 42.6 Å². The van der Waals surface area contributed by atoms with Gasteiger partial charge in [-0.25, -0.2) is 4.98 Å². The van der Waals surface area contributed by atoms with Crippen molar-refractivity contribution in [1.82, 2.24) is 4.98 Å². The Hall–Kier alpha value is -2.56. The number of nitrogens with one attached hydrogen (secondary N) is 1. The molecule has 0 spiro atoms. The van der Waals surface area contributed by atoms with Crippen LogP contribution in [-0.4, -0.2) is 18.0 Å². The van der Waals surface area contributed by atoms with E-state index in [1.54, 1.807) is 19.2 Å². The van der Waals surface area contributed by atoms with Crippen molar-refractivity contribution in [3.05, 3.63) is 53.7 Å². The zero-order valence-electron chi connectivity index (χ0n) is 10.6. The summed E-state index contributed by atoms with van der Waals surface area (Å²) in [4.78, 5) is 15.0. The number of hydrogen-bond acceptors (Lipinski definition) is 4. The zero-order chi connectivity index (χ0) is 13.7. The molecular formula is C14H15N3O2. The number of methoxy groups -OCH3 is 1. The van der Waals surface area contributed by atoms with Gasteiger partial charge < -0.3 is 15.8 Å². The molecule has 1 aromatic heterocycles. The maximum Gasteiger partial charge on any atom is 0.250 e. The smallest absolute Gasteiger partial charge is 0.250 e. The third kappa shape index (κ3) is 3.45. The molecule has 2 aromatic rings. The van der Waals surface area contributed by atoms with Crippen LogP contribution in [-0.2, 0) is 6.54 Å². The molecule has 3 N–H and O–H groups in total. The van der Waals surface area contributed by atoms with Crippen LogP contribution in [0.2, 0.25) is 0 Å². The number of rotatable bonds is 5. The number of amides is 1. The predicted octanol–water partition coefficient (Wildman–Crippen LogP) is 1.80. The second-order valence-electron chi connectivity index (χ2n) is 4.00. The molecule has 98 valence electrons. The van der Waals surface area contributed by atoms with Gasteiger partial charge in [0, 0.05) is 12.7 Å². The number of nitrogens with two attached hydrogens (primary N) is 1. The monoisotopic (exact) mass is 257 g/mol. The molecule has 0 fully saturated rings. The number of nitrogens with zero attached hydrogens (tertiary/aromatic N) is 1. The molecule has 0 saturated carbocycles. The van der Waals surface area contributed by atoms with Crippen molar-refractivity contribution in [3.63, 3.8) is 0 Å². The van der Waals surface area contributed by atoms with E-state index in [-0.39, 0.29) is 0 Å². The van der Waals surface area contributed by atoms with Crippen LogP contribution in [0.3, 0.4) is 0 Å². The third-order valence-electron chi connectivity index (χ3n) is 2.66. The van der Waals surface area contributed by atoms with Crippen LogP contribution < -0.4 is 15.8 Å². The van der Waals surface area contributed by atoms with Crippen molar-refractivity contribution in [2.75, 3.05) is 12.4 Å². The highest BCUT2D eigenvalue weighted by Crippen LogP contribution is 2.14. The van der Waals surface area contributed by atoms with Gasteiger partial charge in [-0.05, 0) is 29.8 Å². The molecule has 0 aliphatic carbocycles. The number of aromatic nitrogens is 1. The Labute approximate surface area is 111 Å². The minimum absolute atomic E-state index is 0.395. The molecule has 0 aliphatic heterocycles. The first kappa shape index (κ1) is 12.9. The van der Waals surface area contributed by atoms with Gasteiger partial charge in [0.15, 0.2) is 0 Å². The molecule has 0 aliphatic rings. The Morgan fingerprint density at radius 3 is 2.84 bits per heavy atom. The first-order valence-corrected chi connectivity index (χ1v) is 5.81. The summed E-state index contributed by atoms with van der Waals surface area (Å²) in [6.07, 6.45) is 1.45. The maximum absolute atomic E-state index is 10.9. The average molecular weight is 257 g/mol. The van der Waals surface area contributed by atoms with E-state index in [1.165, 1.54) is 6.20 Å². The summed E-state index contributed by atoms with van der Waals surface area (Å²) in [5.74, 6) is 1.02. The summed E-state index contributed by atoms with van der Waals surface area (Å²) < 4.78 is 5.15. The minimum Gasteiger partial charge on any atom is -0.497 e. The van der Waals surface area contributed by atoms with E-state index in [0.717, 1.165) is 11.3 Å². The van der Waals surface area contributed by atoms with Crippen molar-refractivity contribution < 1.29 is 9.53 Å². The lowest BCUT2D eigenvalue weighted by atomic mass is 10.2. The van der Waals surface area contributed by atoms with Gasteiger partial charge in [-0.15, -0.1) is 0 Å². The summed E-state index contributed by atoms with van der Waals surface area (Å²) in [5.41, 5.74) is 6.63. The van der Waals surface area contributed by atoms with Crippen LogP contribution in [0.5, 0.6) is 5.75 Å². The van der Waals surface area contributed by atoms with Crippen LogP contribution in [0, 0.1) is 0 Å². The summed E-state index contributed by atoms with van der Waals surface area (Å²) in [6, 6.07) is 11.1. The number of hydrogen-bond donors (Lipinski definition) is 2. The lowest BCUT2D eigenvalue weighted by Gasteiger charge is -2.07. The number of carbonyl (C=O) groups is 1. The van der Waals surface area contributed by atoms with Gasteiger partial charge in [0.05, 0.1) is 12.7 Å². The van der Waals surface area contributed by atoms with Gasteiger partial charge in [-0.2, -0.15) is 0 Å². The Bertz CT molecular complexity index is 567. The molecule has 0 saturated heterocycles. The normalized spacial score (nSPS) is 9.95. The van der Waals surface area contributed by atoms with E-state index in [9.17, 15) is 4.79 Å². The maximum atomic E-state index is 10.9. The van der Waals surface area contributed by atoms with Crippen LogP contribution in [0.25, 0.3) is 0 Å². The number of benzene rings is 1. The quantitative estimate of drug-likeness (QED) is 0.856. The second kappa shape index (κ2) is 5.86. The van der Waals surface area contributed by atoms with Crippen molar-refractivity contribution in [1.29, 1.82) is 0 Å². The lowest BCUT2D eigenvalue weighted by Crippen LogP contribution is -2.11. The fourth-order valence-electron chi connectivity index (χ4n) is 1.62. The molecule has 1 aromatic carbocycles. The second-order valence-corrected chi connectivity index (χ2v) is 4.00. The fourth-order valence-corrected chi connectivity index (χ4v) is 1.62. The molecule has 5 nitrogen and oxygen atoms in total. The minimum atomic E-state index is -0.480. The molecule has 0 radical (unpaired) electrons. The van der Waals surface area contributed by atoms with Crippen LogP contribution in [0.1, 0.15) is 15.9 Å². The third-order valence-corrected chi connectivity index (χ3v) is 2.66. The molecule has 19 heavy (non-hydrogen) atoms. The van der Waals surface area contributed by atoms with Gasteiger partial charge in [0.25, 0.3) is 0 Å². The highest BCUT2D eigenvalue weighted by atomic mass is 16.5. The van der Waals surface area contributed by atoms with E-state index in [0.29, 0.717) is 17.9 Å². The highest BCUT2D eigenvalue weighted by Gasteiger charge is 2.01. The number of anilines is 1. The van der Waals surface area contributed by atoms with Gasteiger partial charge in [0.1, 0.15) is 11.6 Å². The number of ether oxygens (including phenoxy) is 1. The summed E-state index contributed by atoms with van der Waals surface area (Å²) in [5, 5.41) is 3.16. The lowest BCUT2D eigenvalue weighted by molar-refractivity contribution is 0.1000. The summed E-state index contributed by atoms with van der Waals surface area (Å²) >= 11 is 0. The number of carbonyl (C=O) groups excluding carboxylic acids is 1. The van der Waals surface area contributed by atoms with Crippen LogP contribution in [0.4, 0.5) is 5.82 Å². The molecule has 1 heterocycles. The SMILES string of the molecule is COc1cccc(CNc2ccc(C(N)=O)cn2)c1. The van der Waals surface area contributed by atoms with E-state index >= 15 is 0 Å². The first-order chi connectivity index (χ1) is 9.19. The molecule has 0 bridgehead atoms. The van der Waals surface area contributed by atoms with E-state index < -0.39 is 5.91 Å². The highest BCUT2D eigenvalue weighted by molar-refractivity contribution is 5.92. The predicted molar refractivity (Wildman–Crippen MR) is 73.1 cm³/mol. The molecule has 0 atom stereocenters.